The highest BCUT2D eigenvalue weighted by atomic mass is 32.2. The number of benzene rings is 1. The van der Waals surface area contributed by atoms with Gasteiger partial charge in [0.15, 0.2) is 0 Å². The number of para-hydroxylation sites is 1. The number of thioether (sulfide) groups is 1. The van der Waals surface area contributed by atoms with Crippen LogP contribution in [0.25, 0.3) is 10.9 Å². The molecule has 20 heavy (non-hydrogen) atoms. The number of nitrogens with zero attached hydrogens (tertiary/aromatic N) is 2. The molecular formula is C15H14N2O2S. The van der Waals surface area contributed by atoms with Gasteiger partial charge in [0.2, 0.25) is 0 Å². The molecule has 0 aliphatic carbocycles. The first kappa shape index (κ1) is 14.4. The van der Waals surface area contributed by atoms with Crippen LogP contribution in [-0.4, -0.2) is 21.3 Å². The van der Waals surface area contributed by atoms with E-state index in [2.05, 4.69) is 11.1 Å². The number of hydrogen-bond acceptors (Lipinski definition) is 4. The van der Waals surface area contributed by atoms with Crippen molar-refractivity contribution in [1.82, 2.24) is 4.98 Å². The lowest BCUT2D eigenvalue weighted by atomic mass is 10.1. The Balaban J connectivity index is 2.45. The molecule has 4 nitrogen and oxygen atoms in total. The van der Waals surface area contributed by atoms with Crippen molar-refractivity contribution in [3.8, 4) is 6.07 Å². The molecule has 0 spiro atoms. The smallest absolute Gasteiger partial charge is 0.317 e. The molecule has 0 fully saturated rings. The molecule has 1 N–H and O–H groups in total. The second-order valence-corrected chi connectivity index (χ2v) is 5.92. The van der Waals surface area contributed by atoms with Crippen molar-refractivity contribution in [2.45, 2.75) is 24.1 Å². The highest BCUT2D eigenvalue weighted by Crippen LogP contribution is 2.30. The van der Waals surface area contributed by atoms with E-state index in [1.54, 1.807) is 6.07 Å². The van der Waals surface area contributed by atoms with E-state index in [1.807, 2.05) is 38.1 Å². The zero-order valence-corrected chi connectivity index (χ0v) is 12.0. The first-order valence-corrected chi connectivity index (χ1v) is 7.10. The van der Waals surface area contributed by atoms with Crippen LogP contribution in [0, 0.1) is 17.2 Å². The van der Waals surface area contributed by atoms with Crippen LogP contribution in [-0.2, 0) is 4.79 Å². The SMILES string of the molecule is CC(C)C(Sc1cc(C#N)c2ccccc2n1)C(=O)O. The molecular weight excluding hydrogens is 272 g/mol. The van der Waals surface area contributed by atoms with Crippen LogP contribution in [0.3, 0.4) is 0 Å². The van der Waals surface area contributed by atoms with E-state index in [1.165, 1.54) is 11.8 Å². The lowest BCUT2D eigenvalue weighted by Crippen LogP contribution is -2.22. The minimum absolute atomic E-state index is 0.0173. The third kappa shape index (κ3) is 2.91. The van der Waals surface area contributed by atoms with Gasteiger partial charge in [0.25, 0.3) is 0 Å². The fourth-order valence-corrected chi connectivity index (χ4v) is 2.88. The lowest BCUT2D eigenvalue weighted by molar-refractivity contribution is -0.137. The van der Waals surface area contributed by atoms with E-state index >= 15 is 0 Å². The maximum absolute atomic E-state index is 11.2. The zero-order chi connectivity index (χ0) is 14.7. The van der Waals surface area contributed by atoms with E-state index < -0.39 is 11.2 Å². The summed E-state index contributed by atoms with van der Waals surface area (Å²) in [6, 6.07) is 11.2. The molecule has 2 aromatic rings. The number of carboxylic acids is 1. The summed E-state index contributed by atoms with van der Waals surface area (Å²) in [6.45, 7) is 3.72. The number of hydrogen-bond donors (Lipinski definition) is 1. The molecule has 0 amide bonds. The number of fused-ring (bicyclic) bond motifs is 1. The van der Waals surface area contributed by atoms with Crippen LogP contribution in [0.2, 0.25) is 0 Å². The standard InChI is InChI=1S/C15H14N2O2S/c1-9(2)14(15(18)19)20-13-7-10(8-16)11-5-3-4-6-12(11)17-13/h3-7,9,14H,1-2H3,(H,18,19). The average Bonchev–Trinajstić information content (AvgIpc) is 2.43. The van der Waals surface area contributed by atoms with Crippen LogP contribution in [0.15, 0.2) is 35.4 Å². The van der Waals surface area contributed by atoms with Crippen LogP contribution >= 0.6 is 11.8 Å². The molecule has 2 rings (SSSR count). The summed E-state index contributed by atoms with van der Waals surface area (Å²) in [5, 5.41) is 19.2. The summed E-state index contributed by atoms with van der Waals surface area (Å²) in [5.41, 5.74) is 1.23. The van der Waals surface area contributed by atoms with Gasteiger partial charge >= 0.3 is 5.97 Å². The van der Waals surface area contributed by atoms with Gasteiger partial charge in [-0.2, -0.15) is 5.26 Å². The first-order chi connectivity index (χ1) is 9.52. The van der Waals surface area contributed by atoms with Crippen molar-refractivity contribution < 1.29 is 9.90 Å². The Kier molecular flexibility index (Phi) is 4.26. The fourth-order valence-electron chi connectivity index (χ4n) is 1.91. The topological polar surface area (TPSA) is 74.0 Å². The maximum atomic E-state index is 11.2. The molecule has 0 aliphatic rings. The van der Waals surface area contributed by atoms with Gasteiger partial charge in [-0.3, -0.25) is 4.79 Å². The van der Waals surface area contributed by atoms with Crippen LogP contribution in [0.4, 0.5) is 0 Å². The maximum Gasteiger partial charge on any atom is 0.317 e. The van der Waals surface area contributed by atoms with Crippen molar-refractivity contribution in [3.63, 3.8) is 0 Å². The van der Waals surface area contributed by atoms with Gasteiger partial charge in [-0.1, -0.05) is 43.8 Å². The summed E-state index contributed by atoms with van der Waals surface area (Å²) in [5.74, 6) is -0.880. The van der Waals surface area contributed by atoms with Crippen molar-refractivity contribution in [2.24, 2.45) is 5.92 Å². The van der Waals surface area contributed by atoms with Crippen molar-refractivity contribution >= 4 is 28.6 Å². The summed E-state index contributed by atoms with van der Waals surface area (Å²) in [6.07, 6.45) is 0. The Bertz CT molecular complexity index is 692. The van der Waals surface area contributed by atoms with Gasteiger partial charge in [0.05, 0.1) is 22.2 Å². The molecule has 1 atom stereocenters. The second-order valence-electron chi connectivity index (χ2n) is 4.76. The third-order valence-electron chi connectivity index (χ3n) is 2.91. The Morgan fingerprint density at radius 2 is 2.10 bits per heavy atom. The van der Waals surface area contributed by atoms with E-state index in [9.17, 15) is 15.2 Å². The van der Waals surface area contributed by atoms with Crippen LogP contribution < -0.4 is 0 Å². The Morgan fingerprint density at radius 1 is 1.40 bits per heavy atom. The Labute approximate surface area is 121 Å². The number of pyridine rings is 1. The largest absolute Gasteiger partial charge is 0.480 e. The molecule has 0 bridgehead atoms. The molecule has 1 aromatic carbocycles. The number of carboxylic acid groups (broad SMARTS) is 1. The van der Waals surface area contributed by atoms with Crippen molar-refractivity contribution in [2.75, 3.05) is 0 Å². The summed E-state index contributed by atoms with van der Waals surface area (Å²) < 4.78 is 0. The van der Waals surface area contributed by atoms with Gasteiger partial charge in [-0.05, 0) is 18.1 Å². The summed E-state index contributed by atoms with van der Waals surface area (Å²) in [7, 11) is 0. The Morgan fingerprint density at radius 3 is 2.70 bits per heavy atom. The summed E-state index contributed by atoms with van der Waals surface area (Å²) >= 11 is 1.19. The molecule has 0 saturated heterocycles. The molecule has 102 valence electrons. The monoisotopic (exact) mass is 286 g/mol. The molecule has 0 radical (unpaired) electrons. The first-order valence-electron chi connectivity index (χ1n) is 6.22. The molecule has 1 heterocycles. The summed E-state index contributed by atoms with van der Waals surface area (Å²) in [4.78, 5) is 15.7. The number of carbonyl (C=O) groups is 1. The number of aliphatic carboxylic acids is 1. The normalized spacial score (nSPS) is 12.3. The minimum atomic E-state index is -0.863. The molecule has 1 aromatic heterocycles. The lowest BCUT2D eigenvalue weighted by Gasteiger charge is -2.15. The molecule has 0 aliphatic heterocycles. The highest BCUT2D eigenvalue weighted by molar-refractivity contribution is 8.00. The van der Waals surface area contributed by atoms with E-state index in [0.717, 1.165) is 5.39 Å². The quantitative estimate of drug-likeness (QED) is 0.873. The zero-order valence-electron chi connectivity index (χ0n) is 11.2. The fraction of sp³-hybridized carbons (Fsp3) is 0.267. The third-order valence-corrected chi connectivity index (χ3v) is 4.36. The predicted molar refractivity (Wildman–Crippen MR) is 78.6 cm³/mol. The van der Waals surface area contributed by atoms with Crippen LogP contribution in [0.1, 0.15) is 19.4 Å². The van der Waals surface area contributed by atoms with Gasteiger partial charge in [0, 0.05) is 5.39 Å². The average molecular weight is 286 g/mol. The number of nitriles is 1. The van der Waals surface area contributed by atoms with Gasteiger partial charge in [-0.25, -0.2) is 4.98 Å². The number of aromatic nitrogens is 1. The van der Waals surface area contributed by atoms with E-state index in [-0.39, 0.29) is 5.92 Å². The second kappa shape index (κ2) is 5.93. The molecule has 1 unspecified atom stereocenters. The minimum Gasteiger partial charge on any atom is -0.480 e. The van der Waals surface area contributed by atoms with Gasteiger partial charge < -0.3 is 5.11 Å². The Hall–Kier alpha value is -2.06. The van der Waals surface area contributed by atoms with E-state index in [0.29, 0.717) is 16.1 Å². The number of rotatable bonds is 4. The van der Waals surface area contributed by atoms with Crippen molar-refractivity contribution in [1.29, 1.82) is 5.26 Å². The highest BCUT2D eigenvalue weighted by Gasteiger charge is 2.23. The van der Waals surface area contributed by atoms with Gasteiger partial charge in [0.1, 0.15) is 5.25 Å². The predicted octanol–water partition coefficient (Wildman–Crippen LogP) is 3.31. The van der Waals surface area contributed by atoms with Gasteiger partial charge in [-0.15, -0.1) is 0 Å². The van der Waals surface area contributed by atoms with Crippen molar-refractivity contribution in [3.05, 3.63) is 35.9 Å². The van der Waals surface area contributed by atoms with E-state index in [4.69, 9.17) is 0 Å². The van der Waals surface area contributed by atoms with Crippen LogP contribution in [0.5, 0.6) is 0 Å². The molecule has 0 saturated carbocycles. The molecule has 5 heteroatoms.